The van der Waals surface area contributed by atoms with Gasteiger partial charge in [0.05, 0.1) is 13.2 Å². The monoisotopic (exact) mass is 247 g/mol. The minimum atomic E-state index is -0.0689. The van der Waals surface area contributed by atoms with Gasteiger partial charge in [-0.1, -0.05) is 12.1 Å². The van der Waals surface area contributed by atoms with Gasteiger partial charge in [0.25, 0.3) is 0 Å². The van der Waals surface area contributed by atoms with Crippen LogP contribution in [0.3, 0.4) is 0 Å². The van der Waals surface area contributed by atoms with Crippen molar-refractivity contribution in [2.75, 3.05) is 0 Å². The van der Waals surface area contributed by atoms with Gasteiger partial charge in [-0.25, -0.2) is 0 Å². The topological polar surface area (TPSA) is 60.8 Å². The van der Waals surface area contributed by atoms with Crippen LogP contribution in [-0.2, 0) is 31.0 Å². The first-order chi connectivity index (χ1) is 8.72. The quantitative estimate of drug-likeness (QED) is 0.809. The molecule has 1 amide bonds. The summed E-state index contributed by atoms with van der Waals surface area (Å²) in [7, 11) is 0. The van der Waals surface area contributed by atoms with E-state index in [0.29, 0.717) is 19.0 Å². The zero-order valence-corrected chi connectivity index (χ0v) is 10.2. The fourth-order valence-electron chi connectivity index (χ4n) is 3.08. The van der Waals surface area contributed by atoms with Crippen molar-refractivity contribution >= 4 is 5.91 Å². The molecule has 96 valence electrons. The summed E-state index contributed by atoms with van der Waals surface area (Å²) in [5, 5.41) is 18.6. The summed E-state index contributed by atoms with van der Waals surface area (Å²) >= 11 is 0. The Morgan fingerprint density at radius 3 is 2.50 bits per heavy atom. The Bertz CT molecular complexity index is 498. The number of carbonyl (C=O) groups excluding carboxylic acids is 1. The Labute approximate surface area is 106 Å². The van der Waals surface area contributed by atoms with Crippen LogP contribution in [0.1, 0.15) is 35.1 Å². The van der Waals surface area contributed by atoms with E-state index < -0.39 is 0 Å². The third kappa shape index (κ3) is 1.72. The molecule has 0 saturated carbocycles. The van der Waals surface area contributed by atoms with Gasteiger partial charge in [-0.3, -0.25) is 4.79 Å². The van der Waals surface area contributed by atoms with Crippen LogP contribution in [0.4, 0.5) is 0 Å². The number of amides is 1. The average Bonchev–Trinajstić information content (AvgIpc) is 2.75. The summed E-state index contributed by atoms with van der Waals surface area (Å²) in [6.07, 6.45) is 2.46. The Morgan fingerprint density at radius 1 is 1.17 bits per heavy atom. The summed E-state index contributed by atoms with van der Waals surface area (Å²) in [6, 6.07) is 4.25. The van der Waals surface area contributed by atoms with Crippen LogP contribution in [-0.4, -0.2) is 27.1 Å². The third-order valence-electron chi connectivity index (χ3n) is 4.11. The lowest BCUT2D eigenvalue weighted by Gasteiger charge is -2.32. The smallest absolute Gasteiger partial charge is 0.223 e. The number of nitrogens with zero attached hydrogens (tertiary/aromatic N) is 1. The second kappa shape index (κ2) is 4.37. The van der Waals surface area contributed by atoms with Crippen LogP contribution >= 0.6 is 0 Å². The Morgan fingerprint density at radius 2 is 1.83 bits per heavy atom. The van der Waals surface area contributed by atoms with Crippen molar-refractivity contribution in [2.45, 2.75) is 45.1 Å². The minimum absolute atomic E-state index is 0.0452. The molecule has 0 bridgehead atoms. The van der Waals surface area contributed by atoms with Gasteiger partial charge in [0.2, 0.25) is 5.91 Å². The van der Waals surface area contributed by atoms with Gasteiger partial charge >= 0.3 is 0 Å². The molecule has 0 aromatic heterocycles. The Balaban J connectivity index is 1.99. The zero-order chi connectivity index (χ0) is 12.7. The fourth-order valence-corrected chi connectivity index (χ4v) is 3.08. The van der Waals surface area contributed by atoms with E-state index in [1.165, 1.54) is 5.56 Å². The predicted octanol–water partition coefficient (Wildman–Crippen LogP) is 0.718. The summed E-state index contributed by atoms with van der Waals surface area (Å²) < 4.78 is 0. The highest BCUT2D eigenvalue weighted by atomic mass is 16.3. The predicted molar refractivity (Wildman–Crippen MR) is 65.6 cm³/mol. The third-order valence-corrected chi connectivity index (χ3v) is 4.11. The van der Waals surface area contributed by atoms with Crippen LogP contribution in [0.2, 0.25) is 0 Å². The van der Waals surface area contributed by atoms with Crippen LogP contribution in [0.5, 0.6) is 0 Å². The van der Waals surface area contributed by atoms with E-state index in [1.807, 2.05) is 17.0 Å². The number of benzene rings is 1. The summed E-state index contributed by atoms with van der Waals surface area (Å²) in [5.74, 6) is 0.238. The molecule has 1 aromatic rings. The number of aliphatic hydroxyl groups excluding tert-OH is 2. The van der Waals surface area contributed by atoms with Gasteiger partial charge in [-0.2, -0.15) is 0 Å². The lowest BCUT2D eigenvalue weighted by molar-refractivity contribution is -0.129. The maximum absolute atomic E-state index is 11.7. The molecule has 2 aliphatic heterocycles. The van der Waals surface area contributed by atoms with E-state index in [0.717, 1.165) is 29.5 Å². The number of aliphatic hydroxyl groups is 2. The molecule has 1 aromatic carbocycles. The maximum atomic E-state index is 11.7. The second-order valence-electron chi connectivity index (χ2n) is 5.12. The molecule has 0 radical (unpaired) electrons. The van der Waals surface area contributed by atoms with Gasteiger partial charge in [-0.05, 0) is 35.1 Å². The van der Waals surface area contributed by atoms with Gasteiger partial charge in [0.15, 0.2) is 0 Å². The van der Waals surface area contributed by atoms with E-state index >= 15 is 0 Å². The fraction of sp³-hybridized carbons (Fsp3) is 0.500. The lowest BCUT2D eigenvalue weighted by Crippen LogP contribution is -2.38. The summed E-state index contributed by atoms with van der Waals surface area (Å²) in [5.41, 5.74) is 3.89. The molecular formula is C14H17NO3. The first-order valence-corrected chi connectivity index (χ1v) is 6.37. The number of carbonyl (C=O) groups is 1. The van der Waals surface area contributed by atoms with Gasteiger partial charge < -0.3 is 15.1 Å². The zero-order valence-electron chi connectivity index (χ0n) is 10.2. The molecule has 1 saturated heterocycles. The number of rotatable bonds is 2. The number of hydrogen-bond donors (Lipinski definition) is 2. The lowest BCUT2D eigenvalue weighted by atomic mass is 9.90. The van der Waals surface area contributed by atoms with Crippen molar-refractivity contribution in [2.24, 2.45) is 0 Å². The van der Waals surface area contributed by atoms with E-state index in [4.69, 9.17) is 0 Å². The molecule has 1 fully saturated rings. The van der Waals surface area contributed by atoms with E-state index in [-0.39, 0.29) is 19.1 Å². The van der Waals surface area contributed by atoms with Crippen LogP contribution in [0.25, 0.3) is 0 Å². The normalized spacial score (nSPS) is 22.0. The molecule has 2 N–H and O–H groups in total. The van der Waals surface area contributed by atoms with Gasteiger partial charge in [0, 0.05) is 19.0 Å². The van der Waals surface area contributed by atoms with Crippen molar-refractivity contribution in [1.29, 1.82) is 0 Å². The minimum Gasteiger partial charge on any atom is -0.392 e. The first-order valence-electron chi connectivity index (χ1n) is 6.37. The molecule has 4 heteroatoms. The molecule has 4 nitrogen and oxygen atoms in total. The second-order valence-corrected chi connectivity index (χ2v) is 5.12. The van der Waals surface area contributed by atoms with E-state index in [1.54, 1.807) is 0 Å². The van der Waals surface area contributed by atoms with E-state index in [9.17, 15) is 15.0 Å². The van der Waals surface area contributed by atoms with Gasteiger partial charge in [-0.15, -0.1) is 0 Å². The molecule has 0 spiro atoms. The molecule has 18 heavy (non-hydrogen) atoms. The van der Waals surface area contributed by atoms with Crippen LogP contribution in [0, 0.1) is 0 Å². The Kier molecular flexibility index (Phi) is 2.84. The Hall–Kier alpha value is -1.39. The van der Waals surface area contributed by atoms with Crippen molar-refractivity contribution in [3.8, 4) is 0 Å². The van der Waals surface area contributed by atoms with Crippen molar-refractivity contribution in [3.63, 3.8) is 0 Å². The molecule has 1 unspecified atom stereocenters. The summed E-state index contributed by atoms with van der Waals surface area (Å²) in [4.78, 5) is 13.7. The number of fused-ring (bicyclic) bond motifs is 2. The van der Waals surface area contributed by atoms with Gasteiger partial charge in [0.1, 0.15) is 0 Å². The largest absolute Gasteiger partial charge is 0.392 e. The molecule has 1 atom stereocenters. The summed E-state index contributed by atoms with van der Waals surface area (Å²) in [6.45, 7) is 0.536. The molecule has 2 heterocycles. The SMILES string of the molecule is O=C1CCC2Cc3cc(CO)c(CO)cc3CN12. The first kappa shape index (κ1) is 11.7. The highest BCUT2D eigenvalue weighted by Gasteiger charge is 2.35. The highest BCUT2D eigenvalue weighted by molar-refractivity contribution is 5.79. The van der Waals surface area contributed by atoms with Crippen LogP contribution in [0.15, 0.2) is 12.1 Å². The van der Waals surface area contributed by atoms with E-state index in [2.05, 4.69) is 0 Å². The highest BCUT2D eigenvalue weighted by Crippen LogP contribution is 2.32. The standard InChI is InChI=1S/C14H17NO3/c16-7-11-3-9-5-13-1-2-14(18)15(13)6-10(9)4-12(11)8-17/h3-4,13,16-17H,1-2,5-8H2. The molecule has 2 aliphatic rings. The molecule has 0 aliphatic carbocycles. The van der Waals surface area contributed by atoms with Crippen molar-refractivity contribution < 1.29 is 15.0 Å². The number of hydrogen-bond acceptors (Lipinski definition) is 3. The van der Waals surface area contributed by atoms with Crippen molar-refractivity contribution in [3.05, 3.63) is 34.4 Å². The molecular weight excluding hydrogens is 230 g/mol. The average molecular weight is 247 g/mol. The van der Waals surface area contributed by atoms with Crippen LogP contribution < -0.4 is 0 Å². The molecule has 3 rings (SSSR count). The van der Waals surface area contributed by atoms with Crippen molar-refractivity contribution in [1.82, 2.24) is 4.90 Å². The maximum Gasteiger partial charge on any atom is 0.223 e.